The van der Waals surface area contributed by atoms with Gasteiger partial charge in [0.05, 0.1) is 17.1 Å². The maximum atomic E-state index is 10.2. The van der Waals surface area contributed by atoms with Gasteiger partial charge in [-0.25, -0.2) is 4.98 Å². The standard InChI is InChI=1S/C6H7NOS/c1-5(2-8)6-3-9-4-7-6/h2-5H,1H3. The van der Waals surface area contributed by atoms with Crippen molar-refractivity contribution >= 4 is 17.6 Å². The van der Waals surface area contributed by atoms with Gasteiger partial charge in [-0.3, -0.25) is 0 Å². The van der Waals surface area contributed by atoms with Gasteiger partial charge < -0.3 is 4.79 Å². The van der Waals surface area contributed by atoms with Gasteiger partial charge in [0, 0.05) is 5.38 Å². The van der Waals surface area contributed by atoms with Gasteiger partial charge >= 0.3 is 0 Å². The highest BCUT2D eigenvalue weighted by Gasteiger charge is 2.03. The van der Waals surface area contributed by atoms with Crippen LogP contribution in [0.4, 0.5) is 0 Å². The fraction of sp³-hybridized carbons (Fsp3) is 0.333. The van der Waals surface area contributed by atoms with Crippen LogP contribution in [0.15, 0.2) is 10.9 Å². The number of thiazole rings is 1. The van der Waals surface area contributed by atoms with Crippen LogP contribution in [0.1, 0.15) is 18.5 Å². The normalized spacial score (nSPS) is 13.0. The highest BCUT2D eigenvalue weighted by Crippen LogP contribution is 2.11. The Hall–Kier alpha value is -0.700. The summed E-state index contributed by atoms with van der Waals surface area (Å²) >= 11 is 1.51. The number of rotatable bonds is 2. The molecule has 2 nitrogen and oxygen atoms in total. The summed E-state index contributed by atoms with van der Waals surface area (Å²) in [6.45, 7) is 1.84. The average Bonchev–Trinajstić information content (AvgIpc) is 2.37. The average molecular weight is 141 g/mol. The van der Waals surface area contributed by atoms with Crippen LogP contribution in [0.2, 0.25) is 0 Å². The van der Waals surface area contributed by atoms with Crippen LogP contribution >= 0.6 is 11.3 Å². The summed E-state index contributed by atoms with van der Waals surface area (Å²) in [6.07, 6.45) is 0.898. The molecule has 1 aromatic heterocycles. The molecule has 0 N–H and O–H groups in total. The van der Waals surface area contributed by atoms with Crippen LogP contribution in [0.25, 0.3) is 0 Å². The lowest BCUT2D eigenvalue weighted by Crippen LogP contribution is -1.92. The molecular weight excluding hydrogens is 134 g/mol. The lowest BCUT2D eigenvalue weighted by molar-refractivity contribution is -0.108. The second-order valence-electron chi connectivity index (χ2n) is 1.84. The molecule has 0 aliphatic heterocycles. The molecule has 0 fully saturated rings. The summed E-state index contributed by atoms with van der Waals surface area (Å²) < 4.78 is 0. The number of hydrogen-bond donors (Lipinski definition) is 0. The van der Waals surface area contributed by atoms with E-state index in [2.05, 4.69) is 4.98 Å². The van der Waals surface area contributed by atoms with Crippen molar-refractivity contribution in [2.75, 3.05) is 0 Å². The van der Waals surface area contributed by atoms with Crippen molar-refractivity contribution in [2.24, 2.45) is 0 Å². The smallest absolute Gasteiger partial charge is 0.128 e. The van der Waals surface area contributed by atoms with Crippen molar-refractivity contribution in [3.8, 4) is 0 Å². The van der Waals surface area contributed by atoms with Crippen LogP contribution in [0.5, 0.6) is 0 Å². The third-order valence-electron chi connectivity index (χ3n) is 1.12. The van der Waals surface area contributed by atoms with Crippen LogP contribution < -0.4 is 0 Å². The summed E-state index contributed by atoms with van der Waals surface area (Å²) in [5, 5.41) is 1.89. The van der Waals surface area contributed by atoms with Crippen LogP contribution in [-0.4, -0.2) is 11.3 Å². The van der Waals surface area contributed by atoms with E-state index in [4.69, 9.17) is 0 Å². The third kappa shape index (κ3) is 1.36. The van der Waals surface area contributed by atoms with E-state index in [1.54, 1.807) is 5.51 Å². The first-order chi connectivity index (χ1) is 4.34. The van der Waals surface area contributed by atoms with Gasteiger partial charge in [0.2, 0.25) is 0 Å². The molecule has 0 saturated carbocycles. The molecule has 1 heterocycles. The Morgan fingerprint density at radius 1 is 1.89 bits per heavy atom. The number of carbonyl (C=O) groups excluding carboxylic acids is 1. The monoisotopic (exact) mass is 141 g/mol. The predicted octanol–water partition coefficient (Wildman–Crippen LogP) is 1.45. The van der Waals surface area contributed by atoms with E-state index in [1.165, 1.54) is 11.3 Å². The number of carbonyl (C=O) groups is 1. The quantitative estimate of drug-likeness (QED) is 0.583. The minimum atomic E-state index is -0.0451. The fourth-order valence-electron chi connectivity index (χ4n) is 0.516. The van der Waals surface area contributed by atoms with Gasteiger partial charge in [-0.15, -0.1) is 11.3 Å². The number of aromatic nitrogens is 1. The van der Waals surface area contributed by atoms with E-state index in [0.717, 1.165) is 12.0 Å². The zero-order valence-corrected chi connectivity index (χ0v) is 5.89. The maximum Gasteiger partial charge on any atom is 0.128 e. The van der Waals surface area contributed by atoms with E-state index >= 15 is 0 Å². The number of aldehydes is 1. The van der Waals surface area contributed by atoms with Crippen LogP contribution in [0, 0.1) is 0 Å². The summed E-state index contributed by atoms with van der Waals surface area (Å²) in [4.78, 5) is 14.1. The summed E-state index contributed by atoms with van der Waals surface area (Å²) in [5.41, 5.74) is 2.60. The second-order valence-corrected chi connectivity index (χ2v) is 2.56. The van der Waals surface area contributed by atoms with Crippen molar-refractivity contribution in [3.05, 3.63) is 16.6 Å². The first kappa shape index (κ1) is 6.42. The second kappa shape index (κ2) is 2.73. The molecule has 9 heavy (non-hydrogen) atoms. The molecule has 0 aliphatic carbocycles. The fourth-order valence-corrected chi connectivity index (χ4v) is 1.17. The third-order valence-corrected chi connectivity index (χ3v) is 1.73. The minimum Gasteiger partial charge on any atom is -0.303 e. The topological polar surface area (TPSA) is 30.0 Å². The largest absolute Gasteiger partial charge is 0.303 e. The van der Waals surface area contributed by atoms with Gasteiger partial charge in [0.1, 0.15) is 6.29 Å². The molecule has 0 aliphatic rings. The summed E-state index contributed by atoms with van der Waals surface area (Å²) in [5.74, 6) is -0.0451. The molecule has 1 rings (SSSR count). The van der Waals surface area contributed by atoms with E-state index in [1.807, 2.05) is 12.3 Å². The molecule has 1 unspecified atom stereocenters. The van der Waals surface area contributed by atoms with Crippen LogP contribution in [0.3, 0.4) is 0 Å². The van der Waals surface area contributed by atoms with E-state index in [0.29, 0.717) is 0 Å². The van der Waals surface area contributed by atoms with E-state index < -0.39 is 0 Å². The molecule has 3 heteroatoms. The first-order valence-corrected chi connectivity index (χ1v) is 3.62. The van der Waals surface area contributed by atoms with Gasteiger partial charge in [0.15, 0.2) is 0 Å². The van der Waals surface area contributed by atoms with Crippen molar-refractivity contribution in [1.82, 2.24) is 4.98 Å². The van der Waals surface area contributed by atoms with Gasteiger partial charge in [-0.05, 0) is 0 Å². The van der Waals surface area contributed by atoms with Gasteiger partial charge in [-0.1, -0.05) is 6.92 Å². The predicted molar refractivity (Wildman–Crippen MR) is 36.6 cm³/mol. The lowest BCUT2D eigenvalue weighted by atomic mass is 10.1. The molecule has 1 aromatic rings. The van der Waals surface area contributed by atoms with Crippen LogP contribution in [-0.2, 0) is 4.79 Å². The van der Waals surface area contributed by atoms with Crippen molar-refractivity contribution < 1.29 is 4.79 Å². The van der Waals surface area contributed by atoms with Crippen molar-refractivity contribution in [2.45, 2.75) is 12.8 Å². The molecule has 0 bridgehead atoms. The summed E-state index contributed by atoms with van der Waals surface area (Å²) in [6, 6.07) is 0. The molecule has 0 aromatic carbocycles. The Kier molecular flexibility index (Phi) is 1.95. The van der Waals surface area contributed by atoms with Crippen molar-refractivity contribution in [3.63, 3.8) is 0 Å². The molecule has 0 saturated heterocycles. The van der Waals surface area contributed by atoms with Crippen molar-refractivity contribution in [1.29, 1.82) is 0 Å². The molecule has 1 atom stereocenters. The zero-order valence-electron chi connectivity index (χ0n) is 5.07. The molecule has 0 spiro atoms. The van der Waals surface area contributed by atoms with Gasteiger partial charge in [-0.2, -0.15) is 0 Å². The maximum absolute atomic E-state index is 10.2. The van der Waals surface area contributed by atoms with E-state index in [9.17, 15) is 4.79 Å². The number of hydrogen-bond acceptors (Lipinski definition) is 3. The molecule has 0 radical (unpaired) electrons. The summed E-state index contributed by atoms with van der Waals surface area (Å²) in [7, 11) is 0. The number of nitrogens with zero attached hydrogens (tertiary/aromatic N) is 1. The SMILES string of the molecule is CC(C=O)c1cscn1. The Morgan fingerprint density at radius 2 is 2.67 bits per heavy atom. The van der Waals surface area contributed by atoms with Gasteiger partial charge in [0.25, 0.3) is 0 Å². The molecular formula is C6H7NOS. The Morgan fingerprint density at radius 3 is 3.11 bits per heavy atom. The molecule has 0 amide bonds. The Balaban J connectivity index is 2.76. The highest BCUT2D eigenvalue weighted by atomic mass is 32.1. The lowest BCUT2D eigenvalue weighted by Gasteiger charge is -1.93. The minimum absolute atomic E-state index is 0.0451. The first-order valence-electron chi connectivity index (χ1n) is 2.68. The Labute approximate surface area is 57.5 Å². The Bertz CT molecular complexity index is 183. The molecule has 48 valence electrons. The van der Waals surface area contributed by atoms with E-state index in [-0.39, 0.29) is 5.92 Å². The highest BCUT2D eigenvalue weighted by molar-refractivity contribution is 7.07. The zero-order chi connectivity index (χ0) is 6.69.